The van der Waals surface area contributed by atoms with Gasteiger partial charge in [0.2, 0.25) is 0 Å². The van der Waals surface area contributed by atoms with Gasteiger partial charge in [0.05, 0.1) is 10.3 Å². The molecule has 130 valence electrons. The second-order valence-corrected chi connectivity index (χ2v) is 6.88. The van der Waals surface area contributed by atoms with Crippen molar-refractivity contribution >= 4 is 17.6 Å². The van der Waals surface area contributed by atoms with Crippen molar-refractivity contribution in [3.8, 4) is 0 Å². The minimum Gasteiger partial charge on any atom is -0.481 e. The third-order valence-electron chi connectivity index (χ3n) is 4.60. The number of hydrogen-bond acceptors (Lipinski definition) is 4. The summed E-state index contributed by atoms with van der Waals surface area (Å²) in [4.78, 5) is 36.4. The number of aliphatic carboxylic acids is 1. The Morgan fingerprint density at radius 2 is 2.04 bits per heavy atom. The first kappa shape index (κ1) is 17.9. The summed E-state index contributed by atoms with van der Waals surface area (Å²) in [6, 6.07) is 4.48. The number of rotatable bonds is 4. The van der Waals surface area contributed by atoms with Crippen molar-refractivity contribution in [2.45, 2.75) is 39.5 Å². The van der Waals surface area contributed by atoms with Gasteiger partial charge in [-0.3, -0.25) is 19.7 Å². The molecule has 7 nitrogen and oxygen atoms in total. The monoisotopic (exact) mass is 334 g/mol. The van der Waals surface area contributed by atoms with Gasteiger partial charge >= 0.3 is 5.97 Å². The number of nitrogens with zero attached hydrogens (tertiary/aromatic N) is 2. The van der Waals surface area contributed by atoms with E-state index in [1.54, 1.807) is 19.1 Å². The Bertz CT molecular complexity index is 686. The molecule has 1 aromatic rings. The van der Waals surface area contributed by atoms with Crippen molar-refractivity contribution in [2.24, 2.45) is 5.41 Å². The molecule has 1 amide bonds. The average Bonchev–Trinajstić information content (AvgIpc) is 2.53. The maximum atomic E-state index is 12.7. The van der Waals surface area contributed by atoms with Crippen molar-refractivity contribution < 1.29 is 19.6 Å². The minimum atomic E-state index is -0.974. The molecule has 1 saturated heterocycles. The van der Waals surface area contributed by atoms with Crippen molar-refractivity contribution in [3.63, 3.8) is 0 Å². The number of benzene rings is 1. The van der Waals surface area contributed by atoms with E-state index >= 15 is 0 Å². The number of piperidine rings is 1. The summed E-state index contributed by atoms with van der Waals surface area (Å²) in [7, 11) is 0. The zero-order valence-electron chi connectivity index (χ0n) is 14.1. The summed E-state index contributed by atoms with van der Waals surface area (Å²) in [6.07, 6.45) is 1.11. The normalized spacial score (nSPS) is 20.9. The Kier molecular flexibility index (Phi) is 4.91. The van der Waals surface area contributed by atoms with Gasteiger partial charge in [-0.05, 0) is 31.7 Å². The fraction of sp³-hybridized carbons (Fsp3) is 0.529. The summed E-state index contributed by atoms with van der Waals surface area (Å²) in [5, 5.41) is 20.6. The fourth-order valence-corrected chi connectivity index (χ4v) is 3.09. The number of carboxylic acid groups (broad SMARTS) is 1. The van der Waals surface area contributed by atoms with Gasteiger partial charge in [0.25, 0.3) is 11.6 Å². The Hall–Kier alpha value is -2.44. The van der Waals surface area contributed by atoms with E-state index in [2.05, 4.69) is 0 Å². The third kappa shape index (κ3) is 3.39. The van der Waals surface area contributed by atoms with E-state index in [0.717, 1.165) is 0 Å². The van der Waals surface area contributed by atoms with Gasteiger partial charge in [-0.2, -0.15) is 0 Å². The largest absolute Gasteiger partial charge is 0.481 e. The summed E-state index contributed by atoms with van der Waals surface area (Å²) in [5.74, 6) is -1.32. The Balaban J connectivity index is 2.31. The zero-order chi connectivity index (χ0) is 18.1. The van der Waals surface area contributed by atoms with E-state index in [1.807, 2.05) is 13.8 Å². The number of nitro groups is 1. The lowest BCUT2D eigenvalue weighted by atomic mass is 9.82. The summed E-state index contributed by atoms with van der Waals surface area (Å²) in [5.41, 5.74) is -0.252. The van der Waals surface area contributed by atoms with Crippen LogP contribution in [0.3, 0.4) is 0 Å². The van der Waals surface area contributed by atoms with Crippen LogP contribution in [0.25, 0.3) is 0 Å². The van der Waals surface area contributed by atoms with Crippen LogP contribution in [0.4, 0.5) is 5.69 Å². The highest BCUT2D eigenvalue weighted by Gasteiger charge is 2.39. The maximum Gasteiger partial charge on any atom is 0.311 e. The van der Waals surface area contributed by atoms with Gasteiger partial charge in [-0.25, -0.2) is 0 Å². The summed E-state index contributed by atoms with van der Waals surface area (Å²) >= 11 is 0. The molecular weight excluding hydrogens is 312 g/mol. The molecule has 1 heterocycles. The van der Waals surface area contributed by atoms with Crippen molar-refractivity contribution in [3.05, 3.63) is 39.4 Å². The Morgan fingerprint density at radius 3 is 2.58 bits per heavy atom. The fourth-order valence-electron chi connectivity index (χ4n) is 3.09. The van der Waals surface area contributed by atoms with E-state index in [0.29, 0.717) is 24.9 Å². The lowest BCUT2D eigenvalue weighted by molar-refractivity contribution is -0.385. The van der Waals surface area contributed by atoms with Gasteiger partial charge in [0, 0.05) is 30.3 Å². The van der Waals surface area contributed by atoms with E-state index in [9.17, 15) is 24.8 Å². The smallest absolute Gasteiger partial charge is 0.311 e. The third-order valence-corrected chi connectivity index (χ3v) is 4.60. The van der Waals surface area contributed by atoms with Gasteiger partial charge in [0.1, 0.15) is 0 Å². The molecule has 0 aromatic heterocycles. The van der Waals surface area contributed by atoms with Crippen LogP contribution in [-0.2, 0) is 4.79 Å². The number of hydrogen-bond donors (Lipinski definition) is 1. The molecule has 1 fully saturated rings. The second kappa shape index (κ2) is 6.59. The van der Waals surface area contributed by atoms with Crippen LogP contribution in [0.15, 0.2) is 18.2 Å². The standard InChI is InChI=1S/C17H22N2O5/c1-11(2)13-6-5-12(9-14(13)19(23)24)15(20)18-8-4-7-17(3,10-18)16(21)22/h5-6,9,11H,4,7-8,10H2,1-3H3,(H,21,22). The molecule has 0 radical (unpaired) electrons. The van der Waals surface area contributed by atoms with E-state index in [1.165, 1.54) is 11.0 Å². The molecule has 0 saturated carbocycles. The molecule has 1 N–H and O–H groups in total. The molecule has 7 heteroatoms. The topological polar surface area (TPSA) is 101 Å². The van der Waals surface area contributed by atoms with Crippen LogP contribution in [0.1, 0.15) is 55.5 Å². The molecule has 1 unspecified atom stereocenters. The molecule has 0 spiro atoms. The molecular formula is C17H22N2O5. The lowest BCUT2D eigenvalue weighted by Gasteiger charge is -2.37. The predicted octanol–water partition coefficient (Wildman–Crippen LogP) is 3.05. The van der Waals surface area contributed by atoms with Crippen LogP contribution in [0.2, 0.25) is 0 Å². The number of carbonyl (C=O) groups excluding carboxylic acids is 1. The lowest BCUT2D eigenvalue weighted by Crippen LogP contribution is -2.48. The molecule has 1 aliphatic rings. The van der Waals surface area contributed by atoms with E-state index in [4.69, 9.17) is 0 Å². The molecule has 24 heavy (non-hydrogen) atoms. The van der Waals surface area contributed by atoms with Gasteiger partial charge in [0.15, 0.2) is 0 Å². The number of likely N-dealkylation sites (tertiary alicyclic amines) is 1. The number of nitro benzene ring substituents is 1. The molecule has 1 aliphatic heterocycles. The first-order chi connectivity index (χ1) is 11.2. The first-order valence-corrected chi connectivity index (χ1v) is 7.97. The average molecular weight is 334 g/mol. The van der Waals surface area contributed by atoms with Crippen LogP contribution in [0.5, 0.6) is 0 Å². The number of carboxylic acids is 1. The molecule has 2 rings (SSSR count). The Labute approximate surface area is 140 Å². The quantitative estimate of drug-likeness (QED) is 0.673. The predicted molar refractivity (Wildman–Crippen MR) is 88.1 cm³/mol. The summed E-state index contributed by atoms with van der Waals surface area (Å²) in [6.45, 7) is 5.90. The van der Waals surface area contributed by atoms with E-state index < -0.39 is 16.3 Å². The highest BCUT2D eigenvalue weighted by Crippen LogP contribution is 2.32. The van der Waals surface area contributed by atoms with Crippen molar-refractivity contribution in [2.75, 3.05) is 13.1 Å². The first-order valence-electron chi connectivity index (χ1n) is 7.97. The van der Waals surface area contributed by atoms with Crippen molar-refractivity contribution in [1.82, 2.24) is 4.90 Å². The van der Waals surface area contributed by atoms with Gasteiger partial charge in [-0.15, -0.1) is 0 Å². The molecule has 0 bridgehead atoms. The van der Waals surface area contributed by atoms with Crippen LogP contribution in [-0.4, -0.2) is 39.9 Å². The van der Waals surface area contributed by atoms with E-state index in [-0.39, 0.29) is 29.6 Å². The second-order valence-electron chi connectivity index (χ2n) is 6.88. The highest BCUT2D eigenvalue weighted by molar-refractivity contribution is 5.95. The van der Waals surface area contributed by atoms with Gasteiger partial charge in [-0.1, -0.05) is 19.9 Å². The molecule has 1 aromatic carbocycles. The molecule has 0 aliphatic carbocycles. The highest BCUT2D eigenvalue weighted by atomic mass is 16.6. The number of carbonyl (C=O) groups is 2. The zero-order valence-corrected chi connectivity index (χ0v) is 14.1. The van der Waals surface area contributed by atoms with Gasteiger partial charge < -0.3 is 10.0 Å². The van der Waals surface area contributed by atoms with Crippen LogP contribution < -0.4 is 0 Å². The SMILES string of the molecule is CC(C)c1ccc(C(=O)N2CCCC(C)(C(=O)O)C2)cc1[N+](=O)[O-]. The molecule has 1 atom stereocenters. The number of amides is 1. The van der Waals surface area contributed by atoms with Crippen LogP contribution >= 0.6 is 0 Å². The van der Waals surface area contributed by atoms with Crippen LogP contribution in [0, 0.1) is 15.5 Å². The maximum absolute atomic E-state index is 12.7. The Morgan fingerprint density at radius 1 is 1.38 bits per heavy atom. The van der Waals surface area contributed by atoms with Crippen molar-refractivity contribution in [1.29, 1.82) is 0 Å². The minimum absolute atomic E-state index is 0.0279. The summed E-state index contributed by atoms with van der Waals surface area (Å²) < 4.78 is 0.